The Balaban J connectivity index is 1.82. The van der Waals surface area contributed by atoms with E-state index >= 15 is 0 Å². The Bertz CT molecular complexity index is 704. The van der Waals surface area contributed by atoms with Crippen LogP contribution in [0.1, 0.15) is 23.3 Å². The summed E-state index contributed by atoms with van der Waals surface area (Å²) in [4.78, 5) is 9.22. The van der Waals surface area contributed by atoms with Crippen LogP contribution in [-0.4, -0.2) is 37.3 Å². The number of pyridine rings is 1. The molecule has 0 aliphatic carbocycles. The number of ether oxygens (including phenoxy) is 1. The molecule has 2 N–H and O–H groups in total. The Hall–Kier alpha value is -2.29. The van der Waals surface area contributed by atoms with Crippen molar-refractivity contribution in [2.75, 3.05) is 20.2 Å². The second kappa shape index (κ2) is 9.42. The average Bonchev–Trinajstić information content (AvgIpc) is 3.14. The highest BCUT2D eigenvalue weighted by molar-refractivity contribution is 7.10. The predicted octanol–water partition coefficient (Wildman–Crippen LogP) is 3.55. The molecule has 5 nitrogen and oxygen atoms in total. The molecule has 9 heteroatoms. The molecule has 2 aromatic rings. The number of aromatic nitrogens is 1. The molecule has 0 bridgehead atoms. The van der Waals surface area contributed by atoms with Gasteiger partial charge < -0.3 is 15.4 Å². The quantitative estimate of drug-likeness (QED) is 0.564. The van der Waals surface area contributed by atoms with Gasteiger partial charge in [-0.05, 0) is 23.1 Å². The SMILES string of the molecule is CN=C(NCc1ccnc(OCC(F)(F)F)c1)NCC(C)c1cccs1. The minimum atomic E-state index is -4.39. The van der Waals surface area contributed by atoms with E-state index in [0.29, 0.717) is 18.4 Å². The third-order valence-corrected chi connectivity index (χ3v) is 4.57. The van der Waals surface area contributed by atoms with Crippen LogP contribution in [0.25, 0.3) is 0 Å². The Morgan fingerprint density at radius 1 is 1.35 bits per heavy atom. The van der Waals surface area contributed by atoms with E-state index in [1.54, 1.807) is 24.5 Å². The van der Waals surface area contributed by atoms with Gasteiger partial charge in [0, 0.05) is 43.2 Å². The highest BCUT2D eigenvalue weighted by Gasteiger charge is 2.28. The molecule has 1 unspecified atom stereocenters. The van der Waals surface area contributed by atoms with Gasteiger partial charge in [-0.15, -0.1) is 11.3 Å². The molecule has 1 atom stereocenters. The molecule has 2 heterocycles. The number of halogens is 3. The molecule has 26 heavy (non-hydrogen) atoms. The van der Waals surface area contributed by atoms with Crippen molar-refractivity contribution in [2.45, 2.75) is 25.6 Å². The molecule has 0 aromatic carbocycles. The number of nitrogens with one attached hydrogen (secondary N) is 2. The summed E-state index contributed by atoms with van der Waals surface area (Å²) in [6.45, 7) is 1.87. The lowest BCUT2D eigenvalue weighted by Crippen LogP contribution is -2.38. The van der Waals surface area contributed by atoms with Crippen molar-refractivity contribution in [3.8, 4) is 5.88 Å². The van der Waals surface area contributed by atoms with Crippen LogP contribution < -0.4 is 15.4 Å². The van der Waals surface area contributed by atoms with Crippen LogP contribution in [0.4, 0.5) is 13.2 Å². The maximum Gasteiger partial charge on any atom is 0.422 e. The molecule has 0 saturated carbocycles. The van der Waals surface area contributed by atoms with E-state index in [4.69, 9.17) is 0 Å². The normalized spacial score (nSPS) is 13.3. The molecule has 2 rings (SSSR count). The Labute approximate surface area is 154 Å². The molecule has 0 saturated heterocycles. The topological polar surface area (TPSA) is 58.5 Å². The van der Waals surface area contributed by atoms with Gasteiger partial charge in [0.25, 0.3) is 0 Å². The van der Waals surface area contributed by atoms with Crippen LogP contribution in [0.5, 0.6) is 5.88 Å². The fourth-order valence-corrected chi connectivity index (χ4v) is 2.91. The van der Waals surface area contributed by atoms with E-state index in [9.17, 15) is 13.2 Å². The van der Waals surface area contributed by atoms with Crippen molar-refractivity contribution < 1.29 is 17.9 Å². The van der Waals surface area contributed by atoms with E-state index in [-0.39, 0.29) is 5.88 Å². The number of aliphatic imine (C=N–C) groups is 1. The minimum Gasteiger partial charge on any atom is -0.468 e. The zero-order valence-electron chi connectivity index (χ0n) is 14.5. The number of guanidine groups is 1. The summed E-state index contributed by atoms with van der Waals surface area (Å²) >= 11 is 1.71. The van der Waals surface area contributed by atoms with Gasteiger partial charge in [-0.2, -0.15) is 13.2 Å². The zero-order chi connectivity index (χ0) is 19.0. The first kappa shape index (κ1) is 20.0. The highest BCUT2D eigenvalue weighted by atomic mass is 32.1. The van der Waals surface area contributed by atoms with E-state index < -0.39 is 12.8 Å². The van der Waals surface area contributed by atoms with E-state index in [1.165, 1.54) is 17.1 Å². The summed E-state index contributed by atoms with van der Waals surface area (Å²) in [5.41, 5.74) is 0.742. The van der Waals surface area contributed by atoms with E-state index in [0.717, 1.165) is 12.1 Å². The number of alkyl halides is 3. The first-order valence-electron chi connectivity index (χ1n) is 8.00. The van der Waals surface area contributed by atoms with Crippen molar-refractivity contribution >= 4 is 17.3 Å². The lowest BCUT2D eigenvalue weighted by Gasteiger charge is -2.15. The fourth-order valence-electron chi connectivity index (χ4n) is 2.12. The van der Waals surface area contributed by atoms with Crippen LogP contribution in [0.3, 0.4) is 0 Å². The predicted molar refractivity (Wildman–Crippen MR) is 96.7 cm³/mol. The summed E-state index contributed by atoms with van der Waals surface area (Å²) in [5, 5.41) is 8.40. The van der Waals surface area contributed by atoms with E-state index in [2.05, 4.69) is 38.3 Å². The molecular weight excluding hydrogens is 365 g/mol. The molecular formula is C17H21F3N4OS. The van der Waals surface area contributed by atoms with Gasteiger partial charge in [0.05, 0.1) is 0 Å². The van der Waals surface area contributed by atoms with Crippen molar-refractivity contribution in [1.29, 1.82) is 0 Å². The Morgan fingerprint density at radius 3 is 2.81 bits per heavy atom. The first-order valence-corrected chi connectivity index (χ1v) is 8.88. The Morgan fingerprint density at radius 2 is 2.15 bits per heavy atom. The summed E-state index contributed by atoms with van der Waals surface area (Å²) in [7, 11) is 1.66. The van der Waals surface area contributed by atoms with Crippen molar-refractivity contribution in [1.82, 2.24) is 15.6 Å². The maximum atomic E-state index is 12.2. The molecule has 0 amide bonds. The van der Waals surface area contributed by atoms with Gasteiger partial charge in [0.2, 0.25) is 5.88 Å². The summed E-state index contributed by atoms with van der Waals surface area (Å²) in [6, 6.07) is 7.29. The summed E-state index contributed by atoms with van der Waals surface area (Å²) in [6.07, 6.45) is -2.97. The smallest absolute Gasteiger partial charge is 0.422 e. The lowest BCUT2D eigenvalue weighted by molar-refractivity contribution is -0.154. The van der Waals surface area contributed by atoms with Crippen LogP contribution in [0.15, 0.2) is 40.8 Å². The first-order chi connectivity index (χ1) is 12.4. The van der Waals surface area contributed by atoms with Gasteiger partial charge in [-0.3, -0.25) is 4.99 Å². The molecule has 0 spiro atoms. The number of hydrogen-bond acceptors (Lipinski definition) is 4. The van der Waals surface area contributed by atoms with Crippen molar-refractivity contribution in [3.05, 3.63) is 46.3 Å². The van der Waals surface area contributed by atoms with Gasteiger partial charge in [0.15, 0.2) is 12.6 Å². The second-order valence-corrected chi connectivity index (χ2v) is 6.61. The van der Waals surface area contributed by atoms with Gasteiger partial charge in [-0.25, -0.2) is 4.98 Å². The summed E-state index contributed by atoms with van der Waals surface area (Å²) in [5.74, 6) is 0.899. The molecule has 0 fully saturated rings. The van der Waals surface area contributed by atoms with Crippen LogP contribution in [-0.2, 0) is 6.54 Å². The summed E-state index contributed by atoms with van der Waals surface area (Å²) < 4.78 is 41.3. The number of nitrogens with zero attached hydrogens (tertiary/aromatic N) is 2. The van der Waals surface area contributed by atoms with Gasteiger partial charge in [-0.1, -0.05) is 13.0 Å². The monoisotopic (exact) mass is 386 g/mol. The maximum absolute atomic E-state index is 12.2. The third kappa shape index (κ3) is 6.91. The number of hydrogen-bond donors (Lipinski definition) is 2. The van der Waals surface area contributed by atoms with E-state index in [1.807, 2.05) is 11.4 Å². The molecule has 0 aliphatic rings. The molecule has 2 aromatic heterocycles. The van der Waals surface area contributed by atoms with Crippen molar-refractivity contribution in [2.24, 2.45) is 4.99 Å². The molecule has 0 aliphatic heterocycles. The number of thiophene rings is 1. The third-order valence-electron chi connectivity index (χ3n) is 3.47. The minimum absolute atomic E-state index is 0.0594. The van der Waals surface area contributed by atoms with Gasteiger partial charge >= 0.3 is 6.18 Å². The van der Waals surface area contributed by atoms with Gasteiger partial charge in [0.1, 0.15) is 0 Å². The van der Waals surface area contributed by atoms with Crippen LogP contribution in [0.2, 0.25) is 0 Å². The Kier molecular flexibility index (Phi) is 7.26. The van der Waals surface area contributed by atoms with Crippen LogP contribution in [0, 0.1) is 0 Å². The second-order valence-electron chi connectivity index (χ2n) is 5.63. The average molecular weight is 386 g/mol. The molecule has 0 radical (unpaired) electrons. The number of rotatable bonds is 7. The largest absolute Gasteiger partial charge is 0.468 e. The fraction of sp³-hybridized carbons (Fsp3) is 0.412. The highest BCUT2D eigenvalue weighted by Crippen LogP contribution is 2.19. The zero-order valence-corrected chi connectivity index (χ0v) is 15.3. The molecule has 142 valence electrons. The van der Waals surface area contributed by atoms with Crippen LogP contribution >= 0.6 is 11.3 Å². The standard InChI is InChI=1S/C17H21F3N4OS/c1-12(14-4-3-7-26-14)9-23-16(21-2)24-10-13-5-6-22-15(8-13)25-11-17(18,19)20/h3-8,12H,9-11H2,1-2H3,(H2,21,23,24). The lowest BCUT2D eigenvalue weighted by atomic mass is 10.1. The van der Waals surface area contributed by atoms with Crippen molar-refractivity contribution in [3.63, 3.8) is 0 Å².